The van der Waals surface area contributed by atoms with Crippen LogP contribution in [0.2, 0.25) is 0 Å². The molecular weight excluding hydrogens is 268 g/mol. The molecule has 0 saturated heterocycles. The highest BCUT2D eigenvalue weighted by Crippen LogP contribution is 2.28. The highest BCUT2D eigenvalue weighted by molar-refractivity contribution is 5.71. The Morgan fingerprint density at radius 2 is 1.81 bits per heavy atom. The van der Waals surface area contributed by atoms with Crippen molar-refractivity contribution in [3.8, 4) is 17.1 Å². The number of aromatic nitrogens is 2. The number of nitrogens with zero attached hydrogens (tertiary/aromatic N) is 2. The Morgan fingerprint density at radius 3 is 2.38 bits per heavy atom. The first-order valence-corrected chi connectivity index (χ1v) is 6.81. The molecule has 0 amide bonds. The van der Waals surface area contributed by atoms with Gasteiger partial charge < -0.3 is 9.84 Å². The summed E-state index contributed by atoms with van der Waals surface area (Å²) in [6, 6.07) is 7.57. The van der Waals surface area contributed by atoms with Gasteiger partial charge in [0.1, 0.15) is 5.75 Å². The smallest absolute Gasteiger partial charge is 0.307 e. The van der Waals surface area contributed by atoms with Crippen LogP contribution in [0.1, 0.15) is 23.9 Å². The van der Waals surface area contributed by atoms with E-state index in [4.69, 9.17) is 9.84 Å². The van der Waals surface area contributed by atoms with E-state index < -0.39 is 5.97 Å². The van der Waals surface area contributed by atoms with Crippen LogP contribution in [0.25, 0.3) is 11.4 Å². The maximum Gasteiger partial charge on any atom is 0.307 e. The molecule has 5 heteroatoms. The average molecular weight is 286 g/mol. The minimum absolute atomic E-state index is 0.0644. The largest absolute Gasteiger partial charge is 0.493 e. The molecule has 0 bridgehead atoms. The molecule has 1 aromatic heterocycles. The van der Waals surface area contributed by atoms with Crippen LogP contribution in [0.5, 0.6) is 5.75 Å². The topological polar surface area (TPSA) is 72.3 Å². The van der Waals surface area contributed by atoms with Gasteiger partial charge in [0.25, 0.3) is 0 Å². The monoisotopic (exact) mass is 286 g/mol. The summed E-state index contributed by atoms with van der Waals surface area (Å²) in [4.78, 5) is 19.8. The summed E-state index contributed by atoms with van der Waals surface area (Å²) >= 11 is 0. The third kappa shape index (κ3) is 3.37. The molecule has 0 spiro atoms. The molecule has 0 atom stereocenters. The van der Waals surface area contributed by atoms with E-state index >= 15 is 0 Å². The Labute approximate surface area is 123 Å². The summed E-state index contributed by atoms with van der Waals surface area (Å²) in [6.45, 7) is 6.09. The molecule has 1 heterocycles. The maximum absolute atomic E-state index is 10.9. The highest BCUT2D eigenvalue weighted by Gasteiger charge is 2.15. The predicted octanol–water partition coefficient (Wildman–Crippen LogP) is 2.79. The molecule has 0 radical (unpaired) electrons. The predicted molar refractivity (Wildman–Crippen MR) is 79.5 cm³/mol. The molecule has 2 rings (SSSR count). The van der Waals surface area contributed by atoms with Crippen molar-refractivity contribution in [1.82, 2.24) is 9.97 Å². The van der Waals surface area contributed by atoms with Crippen LogP contribution < -0.4 is 4.74 Å². The number of hydrogen-bond donors (Lipinski definition) is 1. The number of carboxylic acids is 1. The third-order valence-electron chi connectivity index (χ3n) is 3.18. The van der Waals surface area contributed by atoms with Gasteiger partial charge in [-0.15, -0.1) is 0 Å². The fourth-order valence-corrected chi connectivity index (χ4v) is 2.20. The SMILES string of the molecule is CCOc1ccccc1-c1nc(C)c(CC(=O)O)c(C)n1. The van der Waals surface area contributed by atoms with Crippen LogP contribution in [0.15, 0.2) is 24.3 Å². The summed E-state index contributed by atoms with van der Waals surface area (Å²) in [5, 5.41) is 8.94. The molecule has 1 aromatic carbocycles. The number of aryl methyl sites for hydroxylation is 2. The minimum atomic E-state index is -0.882. The lowest BCUT2D eigenvalue weighted by Crippen LogP contribution is -2.08. The Balaban J connectivity index is 2.49. The average Bonchev–Trinajstić information content (AvgIpc) is 2.43. The van der Waals surface area contributed by atoms with E-state index in [9.17, 15) is 4.79 Å². The van der Waals surface area contributed by atoms with E-state index in [0.29, 0.717) is 29.4 Å². The van der Waals surface area contributed by atoms with Crippen LogP contribution in [0.3, 0.4) is 0 Å². The molecule has 0 aliphatic heterocycles. The maximum atomic E-state index is 10.9. The Kier molecular flexibility index (Phi) is 4.52. The summed E-state index contributed by atoms with van der Waals surface area (Å²) < 4.78 is 5.59. The summed E-state index contributed by atoms with van der Waals surface area (Å²) in [5.41, 5.74) is 2.85. The van der Waals surface area contributed by atoms with Crippen molar-refractivity contribution in [2.24, 2.45) is 0 Å². The van der Waals surface area contributed by atoms with Gasteiger partial charge in [-0.25, -0.2) is 9.97 Å². The van der Waals surface area contributed by atoms with E-state index in [-0.39, 0.29) is 6.42 Å². The number of benzene rings is 1. The lowest BCUT2D eigenvalue weighted by Gasteiger charge is -2.12. The van der Waals surface area contributed by atoms with Gasteiger partial charge in [-0.2, -0.15) is 0 Å². The molecule has 0 fully saturated rings. The molecule has 0 aliphatic rings. The third-order valence-corrected chi connectivity index (χ3v) is 3.18. The van der Waals surface area contributed by atoms with E-state index in [0.717, 1.165) is 11.3 Å². The van der Waals surface area contributed by atoms with E-state index in [2.05, 4.69) is 9.97 Å². The molecule has 0 aliphatic carbocycles. The van der Waals surface area contributed by atoms with Crippen molar-refractivity contribution in [3.05, 3.63) is 41.2 Å². The zero-order valence-electron chi connectivity index (χ0n) is 12.4. The minimum Gasteiger partial charge on any atom is -0.493 e. The molecule has 110 valence electrons. The number of aliphatic carboxylic acids is 1. The van der Waals surface area contributed by atoms with Crippen molar-refractivity contribution in [3.63, 3.8) is 0 Å². The van der Waals surface area contributed by atoms with Crippen LogP contribution in [-0.4, -0.2) is 27.7 Å². The van der Waals surface area contributed by atoms with Crippen molar-refractivity contribution in [2.45, 2.75) is 27.2 Å². The first-order valence-electron chi connectivity index (χ1n) is 6.81. The molecular formula is C16H18N2O3. The van der Waals surface area contributed by atoms with Crippen LogP contribution >= 0.6 is 0 Å². The molecule has 5 nitrogen and oxygen atoms in total. The van der Waals surface area contributed by atoms with Gasteiger partial charge >= 0.3 is 5.97 Å². The van der Waals surface area contributed by atoms with Gasteiger partial charge in [0, 0.05) is 17.0 Å². The lowest BCUT2D eigenvalue weighted by atomic mass is 10.1. The number of carboxylic acid groups (broad SMARTS) is 1. The van der Waals surface area contributed by atoms with Crippen LogP contribution in [-0.2, 0) is 11.2 Å². The number of carbonyl (C=O) groups is 1. The lowest BCUT2D eigenvalue weighted by molar-refractivity contribution is -0.136. The van der Waals surface area contributed by atoms with Crippen molar-refractivity contribution >= 4 is 5.97 Å². The van der Waals surface area contributed by atoms with E-state index in [1.807, 2.05) is 31.2 Å². The van der Waals surface area contributed by atoms with Crippen molar-refractivity contribution in [1.29, 1.82) is 0 Å². The van der Waals surface area contributed by atoms with Crippen LogP contribution in [0.4, 0.5) is 0 Å². The molecule has 21 heavy (non-hydrogen) atoms. The van der Waals surface area contributed by atoms with Gasteiger partial charge in [-0.05, 0) is 32.9 Å². The highest BCUT2D eigenvalue weighted by atomic mass is 16.5. The van der Waals surface area contributed by atoms with E-state index in [1.54, 1.807) is 13.8 Å². The first kappa shape index (κ1) is 15.0. The van der Waals surface area contributed by atoms with Gasteiger partial charge in [0.2, 0.25) is 0 Å². The molecule has 0 saturated carbocycles. The Hall–Kier alpha value is -2.43. The van der Waals surface area contributed by atoms with Crippen molar-refractivity contribution < 1.29 is 14.6 Å². The zero-order chi connectivity index (χ0) is 15.4. The number of hydrogen-bond acceptors (Lipinski definition) is 4. The second kappa shape index (κ2) is 6.35. The van der Waals surface area contributed by atoms with Crippen molar-refractivity contribution in [2.75, 3.05) is 6.61 Å². The summed E-state index contributed by atoms with van der Waals surface area (Å²) in [6.07, 6.45) is -0.0644. The molecule has 2 aromatic rings. The standard InChI is InChI=1S/C16H18N2O3/c1-4-21-14-8-6-5-7-12(14)16-17-10(2)13(9-15(19)20)11(3)18-16/h5-8H,4,9H2,1-3H3,(H,19,20). The Morgan fingerprint density at radius 1 is 1.19 bits per heavy atom. The van der Waals surface area contributed by atoms with E-state index in [1.165, 1.54) is 0 Å². The van der Waals surface area contributed by atoms with Gasteiger partial charge in [0.15, 0.2) is 5.82 Å². The van der Waals surface area contributed by atoms with Crippen LogP contribution in [0, 0.1) is 13.8 Å². The van der Waals surface area contributed by atoms with Gasteiger partial charge in [0.05, 0.1) is 18.6 Å². The Bertz CT molecular complexity index is 645. The fraction of sp³-hybridized carbons (Fsp3) is 0.312. The second-order valence-electron chi connectivity index (χ2n) is 4.70. The number of ether oxygens (including phenoxy) is 1. The summed E-state index contributed by atoms with van der Waals surface area (Å²) in [7, 11) is 0. The number of rotatable bonds is 5. The normalized spacial score (nSPS) is 10.4. The fourth-order valence-electron chi connectivity index (χ4n) is 2.20. The second-order valence-corrected chi connectivity index (χ2v) is 4.70. The molecule has 1 N–H and O–H groups in total. The summed E-state index contributed by atoms with van der Waals surface area (Å²) in [5.74, 6) is 0.403. The van der Waals surface area contributed by atoms with Gasteiger partial charge in [-0.3, -0.25) is 4.79 Å². The molecule has 0 unspecified atom stereocenters. The number of para-hydroxylation sites is 1. The quantitative estimate of drug-likeness (QED) is 0.915. The first-order chi connectivity index (χ1) is 10.0. The zero-order valence-corrected chi connectivity index (χ0v) is 12.4. The van der Waals surface area contributed by atoms with Gasteiger partial charge in [-0.1, -0.05) is 12.1 Å².